The molecule has 0 amide bonds. The highest BCUT2D eigenvalue weighted by atomic mass is 16.5. The quantitative estimate of drug-likeness (QED) is 0.678. The summed E-state index contributed by atoms with van der Waals surface area (Å²) in [4.78, 5) is 22.9. The van der Waals surface area contributed by atoms with Gasteiger partial charge in [-0.3, -0.25) is 9.59 Å². The van der Waals surface area contributed by atoms with Gasteiger partial charge in [0.2, 0.25) is 0 Å². The summed E-state index contributed by atoms with van der Waals surface area (Å²) in [6.45, 7) is 0. The summed E-state index contributed by atoms with van der Waals surface area (Å²) in [6.07, 6.45) is 0.650. The number of hydrogen-bond acceptors (Lipinski definition) is 3. The molecule has 72 valence electrons. The average Bonchev–Trinajstić information content (AvgIpc) is 2.23. The zero-order chi connectivity index (χ0) is 10.1. The molecule has 0 bridgehead atoms. The minimum Gasteiger partial charge on any atom is -0.497 e. The van der Waals surface area contributed by atoms with E-state index in [0.29, 0.717) is 29.7 Å². The molecular formula is C11H10O3. The SMILES string of the molecule is COc1ccc2c(c1)C(=O)CCC2=O. The number of carbonyl (C=O) groups is 2. The van der Waals surface area contributed by atoms with Crippen molar-refractivity contribution in [1.82, 2.24) is 0 Å². The van der Waals surface area contributed by atoms with Gasteiger partial charge in [0, 0.05) is 24.0 Å². The molecule has 2 rings (SSSR count). The molecule has 0 aromatic heterocycles. The number of rotatable bonds is 1. The summed E-state index contributed by atoms with van der Waals surface area (Å²) in [5.41, 5.74) is 1.03. The fourth-order valence-electron chi connectivity index (χ4n) is 1.62. The van der Waals surface area contributed by atoms with Crippen LogP contribution in [0.5, 0.6) is 5.75 Å². The van der Waals surface area contributed by atoms with Crippen molar-refractivity contribution in [3.8, 4) is 5.75 Å². The van der Waals surface area contributed by atoms with Crippen molar-refractivity contribution < 1.29 is 14.3 Å². The summed E-state index contributed by atoms with van der Waals surface area (Å²) in [5.74, 6) is 0.688. The Morgan fingerprint density at radius 3 is 2.36 bits per heavy atom. The van der Waals surface area contributed by atoms with Gasteiger partial charge in [0.25, 0.3) is 0 Å². The third kappa shape index (κ3) is 1.31. The number of ether oxygens (including phenoxy) is 1. The van der Waals surface area contributed by atoms with Gasteiger partial charge in [0.05, 0.1) is 7.11 Å². The Balaban J connectivity index is 2.56. The molecule has 3 nitrogen and oxygen atoms in total. The van der Waals surface area contributed by atoms with E-state index >= 15 is 0 Å². The Labute approximate surface area is 81.7 Å². The van der Waals surface area contributed by atoms with E-state index in [1.165, 1.54) is 7.11 Å². The monoisotopic (exact) mass is 190 g/mol. The molecule has 0 radical (unpaired) electrons. The number of carbonyl (C=O) groups excluding carboxylic acids is 2. The Kier molecular flexibility index (Phi) is 2.08. The number of methoxy groups -OCH3 is 1. The van der Waals surface area contributed by atoms with Crippen LogP contribution in [0, 0.1) is 0 Å². The lowest BCUT2D eigenvalue weighted by atomic mass is 9.89. The second kappa shape index (κ2) is 3.25. The predicted octanol–water partition coefficient (Wildman–Crippen LogP) is 1.85. The number of ketones is 2. The fraction of sp³-hybridized carbons (Fsp3) is 0.273. The van der Waals surface area contributed by atoms with Gasteiger partial charge in [-0.2, -0.15) is 0 Å². The van der Waals surface area contributed by atoms with Crippen LogP contribution >= 0.6 is 0 Å². The van der Waals surface area contributed by atoms with Gasteiger partial charge in [0.1, 0.15) is 5.75 Å². The lowest BCUT2D eigenvalue weighted by Gasteiger charge is -2.13. The molecule has 14 heavy (non-hydrogen) atoms. The van der Waals surface area contributed by atoms with Gasteiger partial charge in [-0.15, -0.1) is 0 Å². The number of benzene rings is 1. The number of fused-ring (bicyclic) bond motifs is 1. The third-order valence-corrected chi connectivity index (χ3v) is 2.41. The van der Waals surface area contributed by atoms with Crippen molar-refractivity contribution in [3.05, 3.63) is 29.3 Å². The van der Waals surface area contributed by atoms with Crippen LogP contribution in [0.1, 0.15) is 33.6 Å². The van der Waals surface area contributed by atoms with E-state index in [4.69, 9.17) is 4.74 Å². The lowest BCUT2D eigenvalue weighted by Crippen LogP contribution is -2.16. The van der Waals surface area contributed by atoms with Crippen molar-refractivity contribution in [2.75, 3.05) is 7.11 Å². The van der Waals surface area contributed by atoms with Crippen LogP contribution in [0.2, 0.25) is 0 Å². The minimum atomic E-state index is 0.0264. The van der Waals surface area contributed by atoms with E-state index < -0.39 is 0 Å². The van der Waals surface area contributed by atoms with E-state index in [1.54, 1.807) is 18.2 Å². The molecule has 0 heterocycles. The Morgan fingerprint density at radius 1 is 1.07 bits per heavy atom. The molecule has 1 aliphatic carbocycles. The van der Waals surface area contributed by atoms with E-state index in [-0.39, 0.29) is 11.6 Å². The molecule has 0 atom stereocenters. The molecule has 1 aromatic rings. The second-order valence-corrected chi connectivity index (χ2v) is 3.26. The Bertz CT molecular complexity index is 407. The normalized spacial score (nSPS) is 15.2. The van der Waals surface area contributed by atoms with Crippen molar-refractivity contribution >= 4 is 11.6 Å². The smallest absolute Gasteiger partial charge is 0.164 e. The third-order valence-electron chi connectivity index (χ3n) is 2.41. The highest BCUT2D eigenvalue weighted by Crippen LogP contribution is 2.25. The van der Waals surface area contributed by atoms with Gasteiger partial charge in [-0.1, -0.05) is 0 Å². The number of Topliss-reactive ketones (excluding diaryl/α,β-unsaturated/α-hetero) is 2. The van der Waals surface area contributed by atoms with Gasteiger partial charge >= 0.3 is 0 Å². The maximum atomic E-state index is 11.5. The minimum absolute atomic E-state index is 0.0264. The summed E-state index contributed by atoms with van der Waals surface area (Å²) in [6, 6.07) is 5.00. The van der Waals surface area contributed by atoms with Crippen molar-refractivity contribution in [3.63, 3.8) is 0 Å². The highest BCUT2D eigenvalue weighted by Gasteiger charge is 2.23. The van der Waals surface area contributed by atoms with Crippen LogP contribution in [-0.2, 0) is 0 Å². The van der Waals surface area contributed by atoms with Gasteiger partial charge in [-0.25, -0.2) is 0 Å². The summed E-state index contributed by atoms with van der Waals surface area (Å²) in [5, 5.41) is 0. The first-order valence-electron chi connectivity index (χ1n) is 4.47. The van der Waals surface area contributed by atoms with E-state index in [0.717, 1.165) is 0 Å². The molecule has 0 N–H and O–H groups in total. The van der Waals surface area contributed by atoms with Crippen LogP contribution in [0.15, 0.2) is 18.2 Å². The van der Waals surface area contributed by atoms with Crippen LogP contribution < -0.4 is 4.74 Å². The molecule has 1 aliphatic rings. The first kappa shape index (κ1) is 8.94. The van der Waals surface area contributed by atoms with Crippen molar-refractivity contribution in [1.29, 1.82) is 0 Å². The zero-order valence-electron chi connectivity index (χ0n) is 7.87. The molecule has 0 saturated carbocycles. The zero-order valence-corrected chi connectivity index (χ0v) is 7.87. The maximum absolute atomic E-state index is 11.5. The first-order chi connectivity index (χ1) is 6.72. The molecular weight excluding hydrogens is 180 g/mol. The largest absolute Gasteiger partial charge is 0.497 e. The number of hydrogen-bond donors (Lipinski definition) is 0. The molecule has 0 fully saturated rings. The molecule has 0 saturated heterocycles. The van der Waals surface area contributed by atoms with Gasteiger partial charge in [0.15, 0.2) is 11.6 Å². The topological polar surface area (TPSA) is 43.4 Å². The van der Waals surface area contributed by atoms with Crippen molar-refractivity contribution in [2.45, 2.75) is 12.8 Å². The predicted molar refractivity (Wildman–Crippen MR) is 50.9 cm³/mol. The fourth-order valence-corrected chi connectivity index (χ4v) is 1.62. The van der Waals surface area contributed by atoms with Crippen LogP contribution in [0.4, 0.5) is 0 Å². The van der Waals surface area contributed by atoms with E-state index in [1.807, 2.05) is 0 Å². The first-order valence-corrected chi connectivity index (χ1v) is 4.47. The summed E-state index contributed by atoms with van der Waals surface area (Å²) in [7, 11) is 1.54. The standard InChI is InChI=1S/C11H10O3/c1-14-7-2-3-8-9(6-7)11(13)5-4-10(8)12/h2-3,6H,4-5H2,1H3. The average molecular weight is 190 g/mol. The molecule has 0 spiro atoms. The van der Waals surface area contributed by atoms with E-state index in [2.05, 4.69) is 0 Å². The van der Waals surface area contributed by atoms with Gasteiger partial charge < -0.3 is 4.74 Å². The molecule has 3 heteroatoms. The van der Waals surface area contributed by atoms with Crippen LogP contribution in [0.25, 0.3) is 0 Å². The van der Waals surface area contributed by atoms with E-state index in [9.17, 15) is 9.59 Å². The van der Waals surface area contributed by atoms with Crippen LogP contribution in [0.3, 0.4) is 0 Å². The molecule has 0 unspecified atom stereocenters. The summed E-state index contributed by atoms with van der Waals surface area (Å²) < 4.78 is 5.00. The second-order valence-electron chi connectivity index (χ2n) is 3.26. The lowest BCUT2D eigenvalue weighted by molar-refractivity contribution is 0.0890. The van der Waals surface area contributed by atoms with Gasteiger partial charge in [-0.05, 0) is 18.2 Å². The Morgan fingerprint density at radius 2 is 1.71 bits per heavy atom. The van der Waals surface area contributed by atoms with Crippen molar-refractivity contribution in [2.24, 2.45) is 0 Å². The maximum Gasteiger partial charge on any atom is 0.164 e. The molecule has 1 aromatic carbocycles. The Hall–Kier alpha value is -1.64. The van der Waals surface area contributed by atoms with Crippen LogP contribution in [-0.4, -0.2) is 18.7 Å². The molecule has 0 aliphatic heterocycles. The summed E-state index contributed by atoms with van der Waals surface area (Å²) >= 11 is 0. The highest BCUT2D eigenvalue weighted by molar-refractivity contribution is 6.13.